The van der Waals surface area contributed by atoms with E-state index in [2.05, 4.69) is 44.3 Å². The van der Waals surface area contributed by atoms with Gasteiger partial charge in [-0.3, -0.25) is 9.58 Å². The minimum absolute atomic E-state index is 0.209. The van der Waals surface area contributed by atoms with Gasteiger partial charge in [0.15, 0.2) is 0 Å². The molecule has 0 radical (unpaired) electrons. The van der Waals surface area contributed by atoms with Crippen LogP contribution in [0, 0.1) is 0 Å². The van der Waals surface area contributed by atoms with Gasteiger partial charge in [0.25, 0.3) is 0 Å². The van der Waals surface area contributed by atoms with Crippen LogP contribution in [0.15, 0.2) is 24.9 Å². The van der Waals surface area contributed by atoms with Gasteiger partial charge in [-0.1, -0.05) is 0 Å². The van der Waals surface area contributed by atoms with Crippen LogP contribution in [0.2, 0.25) is 0 Å². The Morgan fingerprint density at radius 3 is 2.84 bits per heavy atom. The minimum atomic E-state index is -3.16. The molecule has 25 heavy (non-hydrogen) atoms. The molecule has 0 saturated carbocycles. The summed E-state index contributed by atoms with van der Waals surface area (Å²) in [5.41, 5.74) is 2.35. The smallest absolute Gasteiger partial charge is 0.208 e. The van der Waals surface area contributed by atoms with Gasteiger partial charge < -0.3 is 4.57 Å². The average Bonchev–Trinajstić information content (AvgIpc) is 3.14. The summed E-state index contributed by atoms with van der Waals surface area (Å²) >= 11 is 0. The van der Waals surface area contributed by atoms with Crippen LogP contribution < -0.4 is 4.72 Å². The molecule has 0 amide bonds. The van der Waals surface area contributed by atoms with Gasteiger partial charge in [0.1, 0.15) is 0 Å². The number of hydrogen-bond donors (Lipinski definition) is 1. The molecule has 1 unspecified atom stereocenters. The van der Waals surface area contributed by atoms with E-state index in [9.17, 15) is 8.42 Å². The second-order valence-corrected chi connectivity index (χ2v) is 8.83. The van der Waals surface area contributed by atoms with E-state index in [1.807, 2.05) is 23.4 Å². The van der Waals surface area contributed by atoms with Gasteiger partial charge in [0.05, 0.1) is 24.5 Å². The van der Waals surface area contributed by atoms with E-state index in [0.717, 1.165) is 31.7 Å². The lowest BCUT2D eigenvalue weighted by molar-refractivity contribution is 0.172. The fourth-order valence-electron chi connectivity index (χ4n) is 3.22. The second kappa shape index (κ2) is 7.27. The Balaban J connectivity index is 1.66. The first-order valence-electron chi connectivity index (χ1n) is 8.52. The molecule has 8 nitrogen and oxygen atoms in total. The number of sulfonamides is 1. The van der Waals surface area contributed by atoms with E-state index in [0.29, 0.717) is 12.6 Å². The van der Waals surface area contributed by atoms with Crippen molar-refractivity contribution in [2.24, 2.45) is 0 Å². The largest absolute Gasteiger partial charge is 0.329 e. The van der Waals surface area contributed by atoms with Crippen molar-refractivity contribution in [1.82, 2.24) is 29.0 Å². The van der Waals surface area contributed by atoms with Gasteiger partial charge in [-0.05, 0) is 20.3 Å². The van der Waals surface area contributed by atoms with E-state index in [-0.39, 0.29) is 6.04 Å². The van der Waals surface area contributed by atoms with Crippen molar-refractivity contribution in [3.63, 3.8) is 0 Å². The lowest BCUT2D eigenvalue weighted by atomic mass is 10.1. The minimum Gasteiger partial charge on any atom is -0.329 e. The van der Waals surface area contributed by atoms with Gasteiger partial charge in [0, 0.05) is 56.2 Å². The lowest BCUT2D eigenvalue weighted by Crippen LogP contribution is -2.38. The summed E-state index contributed by atoms with van der Waals surface area (Å²) in [5, 5.41) is 4.41. The predicted molar refractivity (Wildman–Crippen MR) is 95.5 cm³/mol. The van der Waals surface area contributed by atoms with Crippen LogP contribution in [-0.4, -0.2) is 52.0 Å². The number of nitrogens with zero attached hydrogens (tertiary/aromatic N) is 5. The van der Waals surface area contributed by atoms with E-state index < -0.39 is 10.0 Å². The van der Waals surface area contributed by atoms with Crippen LogP contribution >= 0.6 is 0 Å². The Kier molecular flexibility index (Phi) is 5.26. The highest BCUT2D eigenvalue weighted by molar-refractivity contribution is 7.88. The third kappa shape index (κ3) is 4.68. The maximum Gasteiger partial charge on any atom is 0.208 e. The number of hydrogen-bond acceptors (Lipinski definition) is 5. The summed E-state index contributed by atoms with van der Waals surface area (Å²) in [6.45, 7) is 7.18. The Morgan fingerprint density at radius 2 is 2.16 bits per heavy atom. The summed E-state index contributed by atoms with van der Waals surface area (Å²) in [6.07, 6.45) is 9.67. The number of nitrogens with one attached hydrogen (secondary N) is 1. The van der Waals surface area contributed by atoms with Crippen LogP contribution in [0.5, 0.6) is 0 Å². The topological polar surface area (TPSA) is 85.0 Å². The molecule has 1 atom stereocenters. The molecule has 1 N–H and O–H groups in total. The van der Waals surface area contributed by atoms with E-state index in [1.54, 1.807) is 0 Å². The van der Waals surface area contributed by atoms with E-state index in [1.165, 1.54) is 11.8 Å². The molecular formula is C16H26N6O2S. The van der Waals surface area contributed by atoms with Crippen LogP contribution in [-0.2, 0) is 23.1 Å². The molecule has 2 aromatic heterocycles. The summed E-state index contributed by atoms with van der Waals surface area (Å²) in [6, 6.07) is 0.562. The van der Waals surface area contributed by atoms with Crippen molar-refractivity contribution in [3.8, 4) is 0 Å². The molecular weight excluding hydrogens is 340 g/mol. The fourth-order valence-corrected chi connectivity index (χ4v) is 3.71. The van der Waals surface area contributed by atoms with E-state index >= 15 is 0 Å². The normalized spacial score (nSPS) is 18.6. The van der Waals surface area contributed by atoms with Crippen LogP contribution in [0.1, 0.15) is 43.6 Å². The molecule has 0 saturated heterocycles. The zero-order valence-electron chi connectivity index (χ0n) is 15.0. The first-order chi connectivity index (χ1) is 11.8. The molecule has 3 heterocycles. The van der Waals surface area contributed by atoms with Gasteiger partial charge in [0.2, 0.25) is 10.0 Å². The first-order valence-corrected chi connectivity index (χ1v) is 10.4. The van der Waals surface area contributed by atoms with Crippen molar-refractivity contribution < 1.29 is 8.42 Å². The molecule has 0 fully saturated rings. The molecule has 0 aromatic carbocycles. The molecule has 1 aliphatic heterocycles. The quantitative estimate of drug-likeness (QED) is 0.795. The molecule has 138 valence electrons. The van der Waals surface area contributed by atoms with Crippen molar-refractivity contribution in [1.29, 1.82) is 0 Å². The summed E-state index contributed by atoms with van der Waals surface area (Å²) < 4.78 is 29.3. The number of aromatic nitrogens is 4. The zero-order chi connectivity index (χ0) is 18.0. The second-order valence-electron chi connectivity index (χ2n) is 6.99. The van der Waals surface area contributed by atoms with Gasteiger partial charge in [-0.2, -0.15) is 5.10 Å². The van der Waals surface area contributed by atoms with Gasteiger partial charge in [-0.15, -0.1) is 0 Å². The summed E-state index contributed by atoms with van der Waals surface area (Å²) in [5.74, 6) is 0. The Morgan fingerprint density at radius 1 is 1.36 bits per heavy atom. The highest BCUT2D eigenvalue weighted by atomic mass is 32.2. The van der Waals surface area contributed by atoms with Crippen molar-refractivity contribution in [2.45, 2.75) is 45.4 Å². The third-order valence-corrected chi connectivity index (χ3v) is 5.15. The highest BCUT2D eigenvalue weighted by Gasteiger charge is 2.25. The predicted octanol–water partition coefficient (Wildman–Crippen LogP) is 1.16. The fraction of sp³-hybridized carbons (Fsp3) is 0.625. The Bertz CT molecular complexity index is 810. The first kappa shape index (κ1) is 18.1. The SMILES string of the molecule is CC(C)n1cc(CN2Cc3cncn3C(CCNS(C)(=O)=O)C2)cn1. The van der Waals surface area contributed by atoms with Crippen LogP contribution in [0.25, 0.3) is 0 Å². The maximum atomic E-state index is 11.3. The van der Waals surface area contributed by atoms with Crippen molar-refractivity contribution in [2.75, 3.05) is 19.3 Å². The number of rotatable bonds is 7. The molecule has 0 bridgehead atoms. The zero-order valence-corrected chi connectivity index (χ0v) is 15.8. The third-order valence-electron chi connectivity index (χ3n) is 4.43. The molecule has 0 spiro atoms. The average molecular weight is 366 g/mol. The van der Waals surface area contributed by atoms with E-state index in [4.69, 9.17) is 0 Å². The van der Waals surface area contributed by atoms with Gasteiger partial charge >= 0.3 is 0 Å². The molecule has 1 aliphatic rings. The Labute approximate surface area is 148 Å². The molecule has 0 aliphatic carbocycles. The molecule has 3 rings (SSSR count). The lowest BCUT2D eigenvalue weighted by Gasteiger charge is -2.34. The Hall–Kier alpha value is -1.71. The highest BCUT2D eigenvalue weighted by Crippen LogP contribution is 2.24. The monoisotopic (exact) mass is 366 g/mol. The van der Waals surface area contributed by atoms with Gasteiger partial charge in [-0.25, -0.2) is 18.1 Å². The molecule has 9 heteroatoms. The number of imidazole rings is 1. The standard InChI is InChI=1S/C16H26N6O2S/c1-13(2)22-9-14(6-18-22)8-20-10-15(4-5-19-25(3,23)24)21-12-17-7-16(21)11-20/h6-7,9,12-13,15,19H,4-5,8,10-11H2,1-3H3. The van der Waals surface area contributed by atoms with Crippen molar-refractivity contribution >= 4 is 10.0 Å². The maximum absolute atomic E-state index is 11.3. The number of fused-ring (bicyclic) bond motifs is 1. The summed E-state index contributed by atoms with van der Waals surface area (Å²) in [4.78, 5) is 6.63. The summed E-state index contributed by atoms with van der Waals surface area (Å²) in [7, 11) is -3.16. The van der Waals surface area contributed by atoms with Crippen LogP contribution in [0.3, 0.4) is 0 Å². The molecule has 2 aromatic rings. The van der Waals surface area contributed by atoms with Crippen LogP contribution in [0.4, 0.5) is 0 Å². The van der Waals surface area contributed by atoms with Crippen molar-refractivity contribution in [3.05, 3.63) is 36.2 Å².